The summed E-state index contributed by atoms with van der Waals surface area (Å²) >= 11 is 5.00. The molecule has 0 atom stereocenters. The minimum absolute atomic E-state index is 0.0753. The molecule has 3 nitrogen and oxygen atoms in total. The number of aryl methyl sites for hydroxylation is 2. The van der Waals surface area contributed by atoms with E-state index in [4.69, 9.17) is 0 Å². The maximum atomic E-state index is 12.3. The summed E-state index contributed by atoms with van der Waals surface area (Å²) in [4.78, 5) is 18.5. The molecule has 0 saturated heterocycles. The molecule has 23 heavy (non-hydrogen) atoms. The van der Waals surface area contributed by atoms with Gasteiger partial charge < -0.3 is 4.57 Å². The molecule has 2 aromatic heterocycles. The SMILES string of the molecule is CSCCn1c(=NC(=O)Cc2cccs2)sc2cc(C)ccc21. The fourth-order valence-corrected chi connectivity index (χ4v) is 4.61. The highest BCUT2D eigenvalue weighted by Crippen LogP contribution is 2.19. The molecule has 0 saturated carbocycles. The number of thiazole rings is 1. The van der Waals surface area contributed by atoms with Gasteiger partial charge in [0.15, 0.2) is 4.80 Å². The second-order valence-electron chi connectivity index (χ2n) is 5.26. The Bertz CT molecular complexity index is 875. The first-order valence-electron chi connectivity index (χ1n) is 7.36. The van der Waals surface area contributed by atoms with Gasteiger partial charge in [0, 0.05) is 17.2 Å². The molecule has 0 bridgehead atoms. The Hall–Kier alpha value is -1.37. The van der Waals surface area contributed by atoms with Crippen molar-refractivity contribution in [2.24, 2.45) is 4.99 Å². The highest BCUT2D eigenvalue weighted by molar-refractivity contribution is 7.98. The van der Waals surface area contributed by atoms with Crippen LogP contribution in [0.4, 0.5) is 0 Å². The smallest absolute Gasteiger partial charge is 0.253 e. The summed E-state index contributed by atoms with van der Waals surface area (Å²) in [6.45, 7) is 2.96. The van der Waals surface area contributed by atoms with Crippen molar-refractivity contribution in [3.05, 3.63) is 51.0 Å². The van der Waals surface area contributed by atoms with Crippen LogP contribution in [-0.2, 0) is 17.8 Å². The summed E-state index contributed by atoms with van der Waals surface area (Å²) in [5.74, 6) is 0.931. The average Bonchev–Trinajstić information content (AvgIpc) is 3.12. The standard InChI is InChI=1S/C17H18N2OS3/c1-12-5-6-14-15(10-12)23-17(19(14)7-9-21-2)18-16(20)11-13-4-3-8-22-13/h3-6,8,10H,7,9,11H2,1-2H3. The van der Waals surface area contributed by atoms with Crippen molar-refractivity contribution in [1.29, 1.82) is 0 Å². The third kappa shape index (κ3) is 3.94. The Kier molecular flexibility index (Phi) is 5.35. The van der Waals surface area contributed by atoms with Crippen molar-refractivity contribution in [2.75, 3.05) is 12.0 Å². The molecule has 0 aliphatic rings. The second-order valence-corrected chi connectivity index (χ2v) is 8.29. The van der Waals surface area contributed by atoms with E-state index in [-0.39, 0.29) is 5.91 Å². The molecule has 0 radical (unpaired) electrons. The fraction of sp³-hybridized carbons (Fsp3) is 0.294. The molecule has 3 rings (SSSR count). The van der Waals surface area contributed by atoms with Gasteiger partial charge >= 0.3 is 0 Å². The molecule has 0 fully saturated rings. The van der Waals surface area contributed by atoms with Crippen LogP contribution in [0.1, 0.15) is 10.4 Å². The van der Waals surface area contributed by atoms with Crippen molar-refractivity contribution in [3.63, 3.8) is 0 Å². The van der Waals surface area contributed by atoms with Crippen LogP contribution in [0.3, 0.4) is 0 Å². The minimum atomic E-state index is -0.0753. The lowest BCUT2D eigenvalue weighted by Gasteiger charge is -2.03. The maximum absolute atomic E-state index is 12.3. The van der Waals surface area contributed by atoms with Gasteiger partial charge in [-0.1, -0.05) is 23.5 Å². The number of thioether (sulfide) groups is 1. The van der Waals surface area contributed by atoms with Crippen LogP contribution in [0.25, 0.3) is 10.2 Å². The monoisotopic (exact) mass is 362 g/mol. The molecule has 120 valence electrons. The topological polar surface area (TPSA) is 34.4 Å². The Morgan fingerprint density at radius 1 is 1.35 bits per heavy atom. The van der Waals surface area contributed by atoms with E-state index >= 15 is 0 Å². The first-order valence-corrected chi connectivity index (χ1v) is 10.5. The van der Waals surface area contributed by atoms with Gasteiger partial charge in [-0.2, -0.15) is 16.8 Å². The van der Waals surface area contributed by atoms with Crippen LogP contribution in [0.15, 0.2) is 40.7 Å². The van der Waals surface area contributed by atoms with Gasteiger partial charge in [0.05, 0.1) is 16.6 Å². The first kappa shape index (κ1) is 16.5. The summed E-state index contributed by atoms with van der Waals surface area (Å²) < 4.78 is 3.36. The van der Waals surface area contributed by atoms with Crippen LogP contribution < -0.4 is 4.80 Å². The lowest BCUT2D eigenvalue weighted by molar-refractivity contribution is -0.117. The van der Waals surface area contributed by atoms with E-state index in [1.165, 1.54) is 10.3 Å². The number of carbonyl (C=O) groups excluding carboxylic acids is 1. The number of aromatic nitrogens is 1. The predicted molar refractivity (Wildman–Crippen MR) is 102 cm³/mol. The number of rotatable bonds is 5. The first-order chi connectivity index (χ1) is 11.2. The summed E-state index contributed by atoms with van der Waals surface area (Å²) in [7, 11) is 0. The van der Waals surface area contributed by atoms with E-state index in [0.29, 0.717) is 6.42 Å². The van der Waals surface area contributed by atoms with E-state index in [2.05, 4.69) is 40.9 Å². The lowest BCUT2D eigenvalue weighted by atomic mass is 10.2. The lowest BCUT2D eigenvalue weighted by Crippen LogP contribution is -2.18. The van der Waals surface area contributed by atoms with E-state index in [1.54, 1.807) is 34.4 Å². The zero-order valence-corrected chi connectivity index (χ0v) is 15.6. The zero-order chi connectivity index (χ0) is 16.2. The number of hydrogen-bond acceptors (Lipinski definition) is 4. The molecule has 1 amide bonds. The minimum Gasteiger partial charge on any atom is -0.316 e. The highest BCUT2D eigenvalue weighted by atomic mass is 32.2. The highest BCUT2D eigenvalue weighted by Gasteiger charge is 2.09. The average molecular weight is 363 g/mol. The van der Waals surface area contributed by atoms with E-state index in [9.17, 15) is 4.79 Å². The van der Waals surface area contributed by atoms with Gasteiger partial charge in [-0.15, -0.1) is 11.3 Å². The maximum Gasteiger partial charge on any atom is 0.253 e. The normalized spacial score (nSPS) is 12.2. The molecule has 0 aliphatic heterocycles. The third-order valence-corrected chi connectivity index (χ3v) is 5.99. The predicted octanol–water partition coefficient (Wildman–Crippen LogP) is 4.11. The Balaban J connectivity index is 2.00. The molecule has 3 aromatic rings. The Morgan fingerprint density at radius 3 is 2.96 bits per heavy atom. The summed E-state index contributed by atoms with van der Waals surface area (Å²) in [5, 5.41) is 1.99. The van der Waals surface area contributed by atoms with Crippen molar-refractivity contribution >= 4 is 50.6 Å². The summed E-state index contributed by atoms with van der Waals surface area (Å²) in [6, 6.07) is 10.4. The zero-order valence-electron chi connectivity index (χ0n) is 13.1. The molecule has 0 aliphatic carbocycles. The summed E-state index contributed by atoms with van der Waals surface area (Å²) in [6.07, 6.45) is 2.48. The molecule has 2 heterocycles. The van der Waals surface area contributed by atoms with Gasteiger partial charge in [0.1, 0.15) is 0 Å². The van der Waals surface area contributed by atoms with Crippen molar-refractivity contribution in [3.8, 4) is 0 Å². The Labute approximate surface area is 147 Å². The van der Waals surface area contributed by atoms with Crippen LogP contribution in [0.5, 0.6) is 0 Å². The van der Waals surface area contributed by atoms with Gasteiger partial charge in [0.2, 0.25) is 0 Å². The van der Waals surface area contributed by atoms with Gasteiger partial charge in [-0.3, -0.25) is 4.79 Å². The van der Waals surface area contributed by atoms with Crippen molar-refractivity contribution in [2.45, 2.75) is 19.9 Å². The number of fused-ring (bicyclic) bond motifs is 1. The molecule has 0 N–H and O–H groups in total. The van der Waals surface area contributed by atoms with Gasteiger partial charge in [-0.05, 0) is 42.3 Å². The number of hydrogen-bond donors (Lipinski definition) is 0. The number of amides is 1. The molecule has 0 spiro atoms. The van der Waals surface area contributed by atoms with Crippen LogP contribution in [0.2, 0.25) is 0 Å². The number of thiophene rings is 1. The molecule has 1 aromatic carbocycles. The van der Waals surface area contributed by atoms with E-state index < -0.39 is 0 Å². The number of carbonyl (C=O) groups is 1. The Morgan fingerprint density at radius 2 is 2.22 bits per heavy atom. The largest absolute Gasteiger partial charge is 0.316 e. The van der Waals surface area contributed by atoms with E-state index in [1.807, 2.05) is 17.5 Å². The quantitative estimate of drug-likeness (QED) is 0.685. The van der Waals surface area contributed by atoms with Gasteiger partial charge in [-0.25, -0.2) is 0 Å². The van der Waals surface area contributed by atoms with Crippen LogP contribution >= 0.6 is 34.4 Å². The van der Waals surface area contributed by atoms with Crippen LogP contribution in [-0.4, -0.2) is 22.5 Å². The van der Waals surface area contributed by atoms with E-state index in [0.717, 1.165) is 27.5 Å². The second kappa shape index (κ2) is 7.47. The third-order valence-electron chi connectivity index (χ3n) is 3.48. The molecular weight excluding hydrogens is 344 g/mol. The number of nitrogens with zero attached hydrogens (tertiary/aromatic N) is 2. The molecular formula is C17H18N2OS3. The van der Waals surface area contributed by atoms with Crippen molar-refractivity contribution < 1.29 is 4.79 Å². The molecule has 6 heteroatoms. The van der Waals surface area contributed by atoms with Crippen molar-refractivity contribution in [1.82, 2.24) is 4.57 Å². The summed E-state index contributed by atoms with van der Waals surface area (Å²) in [5.41, 5.74) is 2.39. The van der Waals surface area contributed by atoms with Crippen LogP contribution in [0, 0.1) is 6.92 Å². The molecule has 0 unspecified atom stereocenters. The number of benzene rings is 1. The van der Waals surface area contributed by atoms with Gasteiger partial charge in [0.25, 0.3) is 5.91 Å². The fourth-order valence-electron chi connectivity index (χ4n) is 2.37.